The lowest BCUT2D eigenvalue weighted by Gasteiger charge is -2.19. The van der Waals surface area contributed by atoms with E-state index < -0.39 is 0 Å². The van der Waals surface area contributed by atoms with Gasteiger partial charge in [-0.3, -0.25) is 0 Å². The summed E-state index contributed by atoms with van der Waals surface area (Å²) in [6, 6.07) is 0. The summed E-state index contributed by atoms with van der Waals surface area (Å²) >= 11 is 4.48. The molecule has 0 unspecified atom stereocenters. The van der Waals surface area contributed by atoms with Crippen LogP contribution in [0.2, 0.25) is 0 Å². The third-order valence-corrected chi connectivity index (χ3v) is 8.82. The van der Waals surface area contributed by atoms with Crippen molar-refractivity contribution in [3.63, 3.8) is 0 Å². The highest BCUT2D eigenvalue weighted by molar-refractivity contribution is 8.00. The van der Waals surface area contributed by atoms with E-state index in [2.05, 4.69) is 23.5 Å². The van der Waals surface area contributed by atoms with Gasteiger partial charge in [0.05, 0.1) is 0 Å². The maximum absolute atomic E-state index is 2.24. The normalized spacial score (nSPS) is 22.2. The average Bonchev–Trinajstić information content (AvgIpc) is 2.75. The maximum atomic E-state index is 2.24. The van der Waals surface area contributed by atoms with E-state index in [1.807, 2.05) is 0 Å². The van der Waals surface area contributed by atoms with Crippen LogP contribution in [0.4, 0.5) is 0 Å². The lowest BCUT2D eigenvalue weighted by atomic mass is 9.89. The standard InChI is InChI=1S/C24H46S2/c1-2-5-9-14-23(13-8-4-1)17-21-25-19-12-20-26-22-18-24-15-10-6-3-7-11-16-24/h23-24H,1-22H2. The first kappa shape index (κ1) is 23.0. The van der Waals surface area contributed by atoms with Gasteiger partial charge in [-0.2, -0.15) is 23.5 Å². The van der Waals surface area contributed by atoms with Crippen LogP contribution in [0.15, 0.2) is 0 Å². The van der Waals surface area contributed by atoms with E-state index in [1.54, 1.807) is 0 Å². The van der Waals surface area contributed by atoms with Crippen LogP contribution in [-0.2, 0) is 0 Å². The Balaban J connectivity index is 1.37. The molecular weight excluding hydrogens is 352 g/mol. The topological polar surface area (TPSA) is 0 Å². The zero-order chi connectivity index (χ0) is 18.1. The number of hydrogen-bond donors (Lipinski definition) is 0. The molecule has 0 amide bonds. The Labute approximate surface area is 173 Å². The molecule has 0 spiro atoms. The van der Waals surface area contributed by atoms with Gasteiger partial charge < -0.3 is 0 Å². The monoisotopic (exact) mass is 398 g/mol. The van der Waals surface area contributed by atoms with Gasteiger partial charge in [0.15, 0.2) is 0 Å². The van der Waals surface area contributed by atoms with Crippen molar-refractivity contribution < 1.29 is 0 Å². The van der Waals surface area contributed by atoms with Gasteiger partial charge >= 0.3 is 0 Å². The first-order chi connectivity index (χ1) is 12.9. The van der Waals surface area contributed by atoms with Gasteiger partial charge in [0.1, 0.15) is 0 Å². The minimum atomic E-state index is 1.05. The molecule has 0 nitrogen and oxygen atoms in total. The zero-order valence-corrected chi connectivity index (χ0v) is 19.2. The van der Waals surface area contributed by atoms with Gasteiger partial charge in [0.2, 0.25) is 0 Å². The molecule has 2 aliphatic rings. The minimum Gasteiger partial charge on any atom is -0.162 e. The molecule has 0 aromatic carbocycles. The van der Waals surface area contributed by atoms with Gasteiger partial charge in [0.25, 0.3) is 0 Å². The van der Waals surface area contributed by atoms with E-state index in [1.165, 1.54) is 139 Å². The summed E-state index contributed by atoms with van der Waals surface area (Å²) in [6.07, 6.45) is 27.1. The van der Waals surface area contributed by atoms with E-state index in [4.69, 9.17) is 0 Å². The van der Waals surface area contributed by atoms with E-state index in [9.17, 15) is 0 Å². The summed E-state index contributed by atoms with van der Waals surface area (Å²) in [5.41, 5.74) is 0. The highest BCUT2D eigenvalue weighted by atomic mass is 32.2. The van der Waals surface area contributed by atoms with Crippen molar-refractivity contribution in [1.82, 2.24) is 0 Å². The quantitative estimate of drug-likeness (QED) is 0.337. The summed E-state index contributed by atoms with van der Waals surface area (Å²) in [5, 5.41) is 0. The van der Waals surface area contributed by atoms with Gasteiger partial charge in [-0.15, -0.1) is 0 Å². The molecule has 0 atom stereocenters. The molecule has 0 bridgehead atoms. The fourth-order valence-corrected chi connectivity index (χ4v) is 7.09. The summed E-state index contributed by atoms with van der Waals surface area (Å²) in [4.78, 5) is 0. The molecular formula is C24H46S2. The van der Waals surface area contributed by atoms with Crippen molar-refractivity contribution >= 4 is 23.5 Å². The molecule has 2 heteroatoms. The Hall–Kier alpha value is 0.700. The largest absolute Gasteiger partial charge is 0.162 e. The molecule has 0 aromatic rings. The van der Waals surface area contributed by atoms with Crippen molar-refractivity contribution in [2.75, 3.05) is 23.0 Å². The Kier molecular flexibility index (Phi) is 14.7. The summed E-state index contributed by atoms with van der Waals surface area (Å²) in [7, 11) is 0. The molecule has 2 saturated carbocycles. The van der Waals surface area contributed by atoms with Crippen LogP contribution in [-0.4, -0.2) is 23.0 Å². The van der Waals surface area contributed by atoms with Crippen molar-refractivity contribution in [2.24, 2.45) is 11.8 Å². The van der Waals surface area contributed by atoms with Crippen molar-refractivity contribution in [2.45, 2.75) is 116 Å². The second-order valence-electron chi connectivity index (χ2n) is 8.93. The summed E-state index contributed by atoms with van der Waals surface area (Å²) in [5.74, 6) is 7.78. The lowest BCUT2D eigenvalue weighted by molar-refractivity contribution is 0.371. The molecule has 0 saturated heterocycles. The average molecular weight is 399 g/mol. The second kappa shape index (κ2) is 16.6. The summed E-state index contributed by atoms with van der Waals surface area (Å²) in [6.45, 7) is 0. The fourth-order valence-electron chi connectivity index (χ4n) is 4.80. The molecule has 0 radical (unpaired) electrons. The molecule has 2 rings (SSSR count). The highest BCUT2D eigenvalue weighted by Gasteiger charge is 2.11. The molecule has 154 valence electrons. The number of rotatable bonds is 10. The lowest BCUT2D eigenvalue weighted by Crippen LogP contribution is -2.05. The van der Waals surface area contributed by atoms with Crippen LogP contribution in [0.1, 0.15) is 116 Å². The molecule has 0 aliphatic heterocycles. The van der Waals surface area contributed by atoms with E-state index in [0.29, 0.717) is 0 Å². The van der Waals surface area contributed by atoms with E-state index in [0.717, 1.165) is 11.8 Å². The van der Waals surface area contributed by atoms with Crippen LogP contribution in [0.3, 0.4) is 0 Å². The third-order valence-electron chi connectivity index (χ3n) is 6.62. The third kappa shape index (κ3) is 12.2. The van der Waals surface area contributed by atoms with Gasteiger partial charge in [-0.1, -0.05) is 96.3 Å². The van der Waals surface area contributed by atoms with Gasteiger partial charge in [-0.05, 0) is 54.1 Å². The molecule has 0 aromatic heterocycles. The fraction of sp³-hybridized carbons (Fsp3) is 1.00. The van der Waals surface area contributed by atoms with Crippen LogP contribution in [0, 0.1) is 11.8 Å². The summed E-state index contributed by atoms with van der Waals surface area (Å²) < 4.78 is 0. The van der Waals surface area contributed by atoms with Crippen LogP contribution in [0.5, 0.6) is 0 Å². The Morgan fingerprint density at radius 1 is 0.423 bits per heavy atom. The predicted molar refractivity (Wildman–Crippen MR) is 125 cm³/mol. The first-order valence-corrected chi connectivity index (χ1v) is 14.4. The zero-order valence-electron chi connectivity index (χ0n) is 17.5. The Bertz CT molecular complexity index is 287. The maximum Gasteiger partial charge on any atom is -0.00597 e. The molecule has 2 aliphatic carbocycles. The highest BCUT2D eigenvalue weighted by Crippen LogP contribution is 2.27. The van der Waals surface area contributed by atoms with Gasteiger partial charge in [0, 0.05) is 0 Å². The van der Waals surface area contributed by atoms with E-state index >= 15 is 0 Å². The number of thioether (sulfide) groups is 2. The predicted octanol–water partition coefficient (Wildman–Crippen LogP) is 8.73. The van der Waals surface area contributed by atoms with Crippen LogP contribution < -0.4 is 0 Å². The molecule has 26 heavy (non-hydrogen) atoms. The molecule has 0 N–H and O–H groups in total. The minimum absolute atomic E-state index is 1.05. The van der Waals surface area contributed by atoms with Crippen molar-refractivity contribution in [1.29, 1.82) is 0 Å². The molecule has 2 fully saturated rings. The van der Waals surface area contributed by atoms with E-state index in [-0.39, 0.29) is 0 Å². The molecule has 0 heterocycles. The first-order valence-electron chi connectivity index (χ1n) is 12.1. The van der Waals surface area contributed by atoms with Crippen LogP contribution in [0.25, 0.3) is 0 Å². The van der Waals surface area contributed by atoms with Gasteiger partial charge in [-0.25, -0.2) is 0 Å². The van der Waals surface area contributed by atoms with Crippen molar-refractivity contribution in [3.8, 4) is 0 Å². The smallest absolute Gasteiger partial charge is 0.00597 e. The second-order valence-corrected chi connectivity index (χ2v) is 11.4. The Morgan fingerprint density at radius 2 is 0.769 bits per heavy atom. The van der Waals surface area contributed by atoms with Crippen molar-refractivity contribution in [3.05, 3.63) is 0 Å². The SMILES string of the molecule is C1CCCCC(CCSCCCSCCC2CCCCCCC2)CCC1. The number of hydrogen-bond acceptors (Lipinski definition) is 2. The Morgan fingerprint density at radius 3 is 1.15 bits per heavy atom. The van der Waals surface area contributed by atoms with Crippen LogP contribution >= 0.6 is 23.5 Å².